The van der Waals surface area contributed by atoms with Gasteiger partial charge in [-0.2, -0.15) is 10.1 Å². The normalized spacial score (nSPS) is 11.0. The molecule has 0 spiro atoms. The summed E-state index contributed by atoms with van der Waals surface area (Å²) in [5.41, 5.74) is 2.47. The molecular formula is C25H21N7O4. The Balaban J connectivity index is 1.36. The number of H-pyrrole nitrogens is 1. The van der Waals surface area contributed by atoms with Crippen LogP contribution in [0.3, 0.4) is 0 Å². The van der Waals surface area contributed by atoms with E-state index in [1.54, 1.807) is 28.6 Å². The van der Waals surface area contributed by atoms with Crippen molar-refractivity contribution in [3.63, 3.8) is 0 Å². The van der Waals surface area contributed by atoms with Crippen LogP contribution in [0, 0.1) is 0 Å². The van der Waals surface area contributed by atoms with E-state index in [-0.39, 0.29) is 22.9 Å². The van der Waals surface area contributed by atoms with E-state index in [9.17, 15) is 14.4 Å². The third-order valence-corrected chi connectivity index (χ3v) is 5.67. The van der Waals surface area contributed by atoms with Crippen LogP contribution in [0.25, 0.3) is 17.1 Å². The molecule has 0 aliphatic carbocycles. The molecule has 11 heteroatoms. The summed E-state index contributed by atoms with van der Waals surface area (Å²) in [6.07, 6.45) is 3.94. The number of nitrogens with one attached hydrogen (secondary N) is 1. The van der Waals surface area contributed by atoms with Crippen LogP contribution in [0.5, 0.6) is 0 Å². The van der Waals surface area contributed by atoms with Crippen molar-refractivity contribution in [2.75, 3.05) is 7.05 Å². The van der Waals surface area contributed by atoms with Crippen molar-refractivity contribution in [2.45, 2.75) is 13.1 Å². The first-order chi connectivity index (χ1) is 17.4. The maximum atomic E-state index is 12.8. The fourth-order valence-corrected chi connectivity index (χ4v) is 3.81. The van der Waals surface area contributed by atoms with E-state index >= 15 is 0 Å². The molecule has 11 nitrogen and oxygen atoms in total. The minimum Gasteiger partial charge on any atom is -0.478 e. The maximum Gasteiger partial charge on any atom is 0.338 e. The van der Waals surface area contributed by atoms with Gasteiger partial charge in [-0.15, -0.1) is 0 Å². The number of carboxylic acids is 1. The molecule has 0 saturated heterocycles. The molecule has 0 radical (unpaired) electrons. The Kier molecular flexibility index (Phi) is 5.87. The molecular weight excluding hydrogens is 462 g/mol. The lowest BCUT2D eigenvalue weighted by atomic mass is 10.1. The second-order valence-electron chi connectivity index (χ2n) is 8.26. The fraction of sp³-hybridized carbons (Fsp3) is 0.120. The smallest absolute Gasteiger partial charge is 0.338 e. The number of aromatic nitrogens is 6. The number of fused-ring (bicyclic) bond motifs is 1. The van der Waals surface area contributed by atoms with Gasteiger partial charge in [-0.25, -0.2) is 14.5 Å². The molecule has 180 valence electrons. The van der Waals surface area contributed by atoms with Gasteiger partial charge in [0.15, 0.2) is 11.2 Å². The average molecular weight is 483 g/mol. The molecule has 0 saturated carbocycles. The number of imidazole rings is 1. The number of carboxylic acid groups (broad SMARTS) is 1. The van der Waals surface area contributed by atoms with E-state index in [1.807, 2.05) is 42.5 Å². The van der Waals surface area contributed by atoms with E-state index in [1.165, 1.54) is 23.4 Å². The topological polar surface area (TPSA) is 139 Å². The zero-order valence-electron chi connectivity index (χ0n) is 19.2. The lowest BCUT2D eigenvalue weighted by molar-refractivity contribution is 0.0696. The number of benzene rings is 2. The molecule has 0 unspecified atom stereocenters. The minimum absolute atomic E-state index is 0.0321. The van der Waals surface area contributed by atoms with Gasteiger partial charge in [0.25, 0.3) is 11.5 Å². The summed E-state index contributed by atoms with van der Waals surface area (Å²) < 4.78 is 2.89. The van der Waals surface area contributed by atoms with Gasteiger partial charge >= 0.3 is 5.97 Å². The van der Waals surface area contributed by atoms with Crippen LogP contribution in [0.15, 0.2) is 78.1 Å². The van der Waals surface area contributed by atoms with Crippen LogP contribution in [0.2, 0.25) is 0 Å². The molecule has 2 N–H and O–H groups in total. The summed E-state index contributed by atoms with van der Waals surface area (Å²) in [4.78, 5) is 49.3. The lowest BCUT2D eigenvalue weighted by Gasteiger charge is -2.17. The van der Waals surface area contributed by atoms with Gasteiger partial charge in [0, 0.05) is 25.4 Å². The number of aromatic amines is 1. The molecule has 0 fully saturated rings. The summed E-state index contributed by atoms with van der Waals surface area (Å²) in [6.45, 7) is 0.870. The molecule has 3 heterocycles. The fourth-order valence-electron chi connectivity index (χ4n) is 3.81. The van der Waals surface area contributed by atoms with Gasteiger partial charge in [-0.05, 0) is 23.3 Å². The largest absolute Gasteiger partial charge is 0.478 e. The highest BCUT2D eigenvalue weighted by atomic mass is 16.4. The Bertz CT molecular complexity index is 1620. The van der Waals surface area contributed by atoms with Crippen LogP contribution in [0.1, 0.15) is 31.8 Å². The second-order valence-corrected chi connectivity index (χ2v) is 8.26. The van der Waals surface area contributed by atoms with Gasteiger partial charge < -0.3 is 14.6 Å². The Morgan fingerprint density at radius 1 is 1.03 bits per heavy atom. The summed E-state index contributed by atoms with van der Waals surface area (Å²) in [5.74, 6) is -1.15. The van der Waals surface area contributed by atoms with Crippen molar-refractivity contribution in [2.24, 2.45) is 0 Å². The Morgan fingerprint density at radius 3 is 2.47 bits per heavy atom. The summed E-state index contributed by atoms with van der Waals surface area (Å²) in [6, 6.07) is 17.0. The van der Waals surface area contributed by atoms with E-state index < -0.39 is 11.5 Å². The van der Waals surface area contributed by atoms with Crippen LogP contribution < -0.4 is 5.56 Å². The summed E-state index contributed by atoms with van der Waals surface area (Å²) in [5, 5.41) is 13.1. The first kappa shape index (κ1) is 22.7. The number of rotatable bonds is 7. The van der Waals surface area contributed by atoms with Crippen LogP contribution in [-0.2, 0) is 13.1 Å². The highest BCUT2D eigenvalue weighted by molar-refractivity contribution is 5.94. The van der Waals surface area contributed by atoms with Crippen molar-refractivity contribution in [3.8, 4) is 5.95 Å². The lowest BCUT2D eigenvalue weighted by Crippen LogP contribution is -2.26. The van der Waals surface area contributed by atoms with E-state index in [0.29, 0.717) is 24.3 Å². The molecule has 5 aromatic rings. The van der Waals surface area contributed by atoms with E-state index in [4.69, 9.17) is 5.11 Å². The number of aromatic carboxylic acids is 1. The Hall–Kier alpha value is -5.06. The molecule has 0 aliphatic rings. The van der Waals surface area contributed by atoms with E-state index in [2.05, 4.69) is 20.1 Å². The first-order valence-corrected chi connectivity index (χ1v) is 11.0. The minimum atomic E-state index is -1.14. The van der Waals surface area contributed by atoms with Gasteiger partial charge in [0.2, 0.25) is 5.95 Å². The van der Waals surface area contributed by atoms with Gasteiger partial charge in [-0.3, -0.25) is 14.6 Å². The van der Waals surface area contributed by atoms with Crippen molar-refractivity contribution in [1.29, 1.82) is 0 Å². The van der Waals surface area contributed by atoms with Gasteiger partial charge in [0.05, 0.1) is 24.6 Å². The highest BCUT2D eigenvalue weighted by Gasteiger charge is 2.15. The molecule has 36 heavy (non-hydrogen) atoms. The SMILES string of the molecule is CN(Cc1ccccc1)C(=O)c1ccc(Cn2cnc3c(=O)[nH]c(-n4cc(C(=O)O)cn4)nc32)cc1. The van der Waals surface area contributed by atoms with Crippen LogP contribution in [0.4, 0.5) is 0 Å². The second kappa shape index (κ2) is 9.29. The standard InChI is InChI=1S/C25H21N7O4/c1-30(12-16-5-3-2-4-6-16)23(34)18-9-7-17(8-10-18)13-31-15-26-20-21(31)28-25(29-22(20)33)32-14-19(11-27-32)24(35)36/h2-11,14-15H,12-13H2,1H3,(H,35,36)(H,28,29,33). The maximum absolute atomic E-state index is 12.8. The predicted octanol–water partition coefficient (Wildman–Crippen LogP) is 2.32. The van der Waals surface area contributed by atoms with E-state index in [0.717, 1.165) is 11.1 Å². The zero-order chi connectivity index (χ0) is 25.2. The molecule has 0 atom stereocenters. The van der Waals surface area contributed by atoms with Crippen LogP contribution >= 0.6 is 0 Å². The summed E-state index contributed by atoms with van der Waals surface area (Å²) >= 11 is 0. The number of hydrogen-bond donors (Lipinski definition) is 2. The third kappa shape index (κ3) is 4.49. The number of amides is 1. The number of carbonyl (C=O) groups is 2. The van der Waals surface area contributed by atoms with Gasteiger partial charge in [0.1, 0.15) is 0 Å². The monoisotopic (exact) mass is 483 g/mol. The predicted molar refractivity (Wildman–Crippen MR) is 130 cm³/mol. The molecule has 5 rings (SSSR count). The van der Waals surface area contributed by atoms with Crippen molar-refractivity contribution in [3.05, 3.63) is 106 Å². The number of nitrogens with zero attached hydrogens (tertiary/aromatic N) is 6. The average Bonchev–Trinajstić information content (AvgIpc) is 3.53. The number of carbonyl (C=O) groups excluding carboxylic acids is 1. The molecule has 1 amide bonds. The zero-order valence-corrected chi connectivity index (χ0v) is 19.2. The van der Waals surface area contributed by atoms with Crippen molar-refractivity contribution >= 4 is 23.0 Å². The van der Waals surface area contributed by atoms with Crippen molar-refractivity contribution in [1.82, 2.24) is 34.2 Å². The molecule has 2 aromatic carbocycles. The molecule has 0 aliphatic heterocycles. The van der Waals surface area contributed by atoms with Gasteiger partial charge in [-0.1, -0.05) is 42.5 Å². The highest BCUT2D eigenvalue weighted by Crippen LogP contribution is 2.14. The molecule has 3 aromatic heterocycles. The summed E-state index contributed by atoms with van der Waals surface area (Å²) in [7, 11) is 1.76. The molecule has 0 bridgehead atoms. The number of hydrogen-bond acceptors (Lipinski definition) is 6. The quantitative estimate of drug-likeness (QED) is 0.362. The first-order valence-electron chi connectivity index (χ1n) is 11.0. The Labute approximate surface area is 204 Å². The Morgan fingerprint density at radius 2 is 1.78 bits per heavy atom. The van der Waals surface area contributed by atoms with Crippen molar-refractivity contribution < 1.29 is 14.7 Å². The third-order valence-electron chi connectivity index (χ3n) is 5.67. The van der Waals surface area contributed by atoms with Crippen LogP contribution in [-0.4, -0.2) is 58.2 Å².